The first kappa shape index (κ1) is 19.4. The van der Waals surface area contributed by atoms with Gasteiger partial charge < -0.3 is 25.1 Å². The van der Waals surface area contributed by atoms with Crippen LogP contribution in [0.4, 0.5) is 25.1 Å². The average molecular weight is 423 g/mol. The van der Waals surface area contributed by atoms with Crippen LogP contribution in [0.25, 0.3) is 11.4 Å². The van der Waals surface area contributed by atoms with Crippen LogP contribution in [0.3, 0.4) is 0 Å². The summed E-state index contributed by atoms with van der Waals surface area (Å²) in [4.78, 5) is 17.7. The third-order valence-corrected chi connectivity index (χ3v) is 5.18. The highest BCUT2D eigenvalue weighted by Crippen LogP contribution is 2.36. The lowest BCUT2D eigenvalue weighted by molar-refractivity contribution is 0.104. The van der Waals surface area contributed by atoms with E-state index in [1.54, 1.807) is 16.8 Å². The molecular weight excluding hydrogens is 404 g/mol. The Kier molecular flexibility index (Phi) is 4.99. The molecule has 154 valence electrons. The van der Waals surface area contributed by atoms with Crippen LogP contribution < -0.4 is 20.7 Å². The highest BCUT2D eigenvalue weighted by atomic mass is 32.1. The number of imidazole rings is 1. The number of anilines is 2. The number of nitrogens with one attached hydrogen (secondary N) is 1. The molecule has 3 N–H and O–H groups in total. The van der Waals surface area contributed by atoms with Gasteiger partial charge >= 0.3 is 6.09 Å². The quantitative estimate of drug-likeness (QED) is 0.714. The number of amides is 1. The van der Waals surface area contributed by atoms with Gasteiger partial charge in [-0.2, -0.15) is 0 Å². The summed E-state index contributed by atoms with van der Waals surface area (Å²) in [6.07, 6.45) is -1.99. The van der Waals surface area contributed by atoms with Gasteiger partial charge in [-0.15, -0.1) is 0 Å². The second kappa shape index (κ2) is 7.47. The lowest BCUT2D eigenvalue weighted by Gasteiger charge is -2.18. The van der Waals surface area contributed by atoms with E-state index >= 15 is 0 Å². The van der Waals surface area contributed by atoms with Crippen LogP contribution in [0.5, 0.6) is 5.75 Å². The smallest absolute Gasteiger partial charge is 0.416 e. The number of carbonyl (C=O) groups excluding carboxylic acids is 1. The molecule has 8 nitrogen and oxygen atoms in total. The maximum Gasteiger partial charge on any atom is 0.416 e. The Morgan fingerprint density at radius 1 is 1.41 bits per heavy atom. The summed E-state index contributed by atoms with van der Waals surface area (Å²) < 4.78 is 39.0. The fourth-order valence-corrected chi connectivity index (χ4v) is 3.34. The van der Waals surface area contributed by atoms with Gasteiger partial charge in [-0.05, 0) is 19.1 Å². The van der Waals surface area contributed by atoms with Gasteiger partial charge in [0.15, 0.2) is 5.82 Å². The van der Waals surface area contributed by atoms with Crippen molar-refractivity contribution < 1.29 is 23.0 Å². The third-order valence-electron chi connectivity index (χ3n) is 4.83. The molecule has 0 radical (unpaired) electrons. The van der Waals surface area contributed by atoms with Gasteiger partial charge in [0.25, 0.3) is 6.43 Å². The Morgan fingerprint density at radius 3 is 2.93 bits per heavy atom. The fourth-order valence-electron chi connectivity index (χ4n) is 3.28. The number of cyclic esters (lactones) is 1. The van der Waals surface area contributed by atoms with Crippen molar-refractivity contribution in [1.29, 1.82) is 0 Å². The minimum absolute atomic E-state index is 0.130. The number of carbonyl (C=O) groups is 1. The van der Waals surface area contributed by atoms with E-state index in [0.717, 1.165) is 10.6 Å². The number of ether oxygens (including phenoxy) is 2. The third kappa shape index (κ3) is 3.57. The van der Waals surface area contributed by atoms with Crippen molar-refractivity contribution >= 4 is 34.8 Å². The number of benzene rings is 1. The first-order valence-electron chi connectivity index (χ1n) is 8.99. The molecule has 1 aromatic heterocycles. The van der Waals surface area contributed by atoms with Crippen molar-refractivity contribution in [2.75, 3.05) is 23.4 Å². The second-order valence-electron chi connectivity index (χ2n) is 6.79. The molecular formula is C18H19F2N5O3S. The summed E-state index contributed by atoms with van der Waals surface area (Å²) in [5, 5.41) is 3.18. The lowest BCUT2D eigenvalue weighted by Crippen LogP contribution is -2.38. The lowest BCUT2D eigenvalue weighted by atomic mass is 10.1. The molecule has 0 aliphatic carbocycles. The number of thiocarbonyl (C=S) groups is 1. The number of nitrogens with zero attached hydrogens (tertiary/aromatic N) is 3. The summed E-state index contributed by atoms with van der Waals surface area (Å²) in [6, 6.07) is 3.89. The molecule has 0 bridgehead atoms. The molecule has 11 heteroatoms. The summed E-state index contributed by atoms with van der Waals surface area (Å²) in [5.41, 5.74) is 7.10. The fraction of sp³-hybridized carbons (Fsp3) is 0.389. The summed E-state index contributed by atoms with van der Waals surface area (Å²) in [5.74, 6) is 1.23. The summed E-state index contributed by atoms with van der Waals surface area (Å²) >= 11 is 4.98. The predicted octanol–water partition coefficient (Wildman–Crippen LogP) is 2.62. The van der Waals surface area contributed by atoms with Crippen molar-refractivity contribution in [1.82, 2.24) is 9.55 Å². The number of nitrogens with two attached hydrogens (primary N) is 1. The number of fused-ring (bicyclic) bond motifs is 3. The minimum atomic E-state index is -2.73. The van der Waals surface area contributed by atoms with Gasteiger partial charge in [0, 0.05) is 18.0 Å². The van der Waals surface area contributed by atoms with Crippen LogP contribution in [0, 0.1) is 0 Å². The average Bonchev–Trinajstić information content (AvgIpc) is 3.21. The van der Waals surface area contributed by atoms with E-state index in [0.29, 0.717) is 35.3 Å². The van der Waals surface area contributed by atoms with Crippen LogP contribution in [0.2, 0.25) is 0 Å². The molecule has 0 saturated carbocycles. The van der Waals surface area contributed by atoms with E-state index in [2.05, 4.69) is 10.3 Å². The summed E-state index contributed by atoms with van der Waals surface area (Å²) in [6.45, 7) is 2.29. The Balaban J connectivity index is 1.68. The Morgan fingerprint density at radius 2 is 2.21 bits per heavy atom. The molecule has 2 aromatic rings. The van der Waals surface area contributed by atoms with E-state index < -0.39 is 18.6 Å². The summed E-state index contributed by atoms with van der Waals surface area (Å²) in [7, 11) is 0. The van der Waals surface area contributed by atoms with Crippen molar-refractivity contribution in [2.45, 2.75) is 32.0 Å². The van der Waals surface area contributed by atoms with Gasteiger partial charge in [0.1, 0.15) is 30.8 Å². The van der Waals surface area contributed by atoms with Gasteiger partial charge in [-0.1, -0.05) is 12.2 Å². The molecule has 2 aliphatic rings. The molecule has 0 spiro atoms. The molecule has 3 heterocycles. The number of halogens is 2. The Labute approximate surface area is 170 Å². The topological polar surface area (TPSA) is 94.6 Å². The molecule has 1 aromatic carbocycles. The molecule has 2 aliphatic heterocycles. The first-order valence-corrected chi connectivity index (χ1v) is 9.40. The predicted molar refractivity (Wildman–Crippen MR) is 107 cm³/mol. The van der Waals surface area contributed by atoms with Gasteiger partial charge in [0.2, 0.25) is 0 Å². The zero-order valence-corrected chi connectivity index (χ0v) is 16.3. The first-order chi connectivity index (χ1) is 13.8. The van der Waals surface area contributed by atoms with Crippen LogP contribution in [-0.4, -0.2) is 52.4 Å². The molecule has 1 unspecified atom stereocenters. The van der Waals surface area contributed by atoms with E-state index in [9.17, 15) is 13.6 Å². The van der Waals surface area contributed by atoms with E-state index in [-0.39, 0.29) is 18.5 Å². The zero-order valence-electron chi connectivity index (χ0n) is 15.5. The molecule has 1 saturated heterocycles. The Hall–Kier alpha value is -2.95. The van der Waals surface area contributed by atoms with Crippen LogP contribution >= 0.6 is 12.2 Å². The van der Waals surface area contributed by atoms with Gasteiger partial charge in [-0.3, -0.25) is 0 Å². The maximum atomic E-state index is 13.3. The molecule has 1 fully saturated rings. The van der Waals surface area contributed by atoms with Crippen LogP contribution in [0.1, 0.15) is 6.92 Å². The van der Waals surface area contributed by atoms with Gasteiger partial charge in [-0.25, -0.2) is 23.5 Å². The van der Waals surface area contributed by atoms with E-state index in [1.165, 1.54) is 0 Å². The van der Waals surface area contributed by atoms with E-state index in [1.807, 2.05) is 19.1 Å². The molecule has 29 heavy (non-hydrogen) atoms. The number of hydrogen-bond donors (Lipinski definition) is 2. The number of alkyl halides is 2. The highest BCUT2D eigenvalue weighted by molar-refractivity contribution is 7.80. The van der Waals surface area contributed by atoms with E-state index in [4.69, 9.17) is 27.4 Å². The second-order valence-corrected chi connectivity index (χ2v) is 7.26. The molecule has 4 rings (SSSR count). The van der Waals surface area contributed by atoms with Crippen molar-refractivity contribution in [2.24, 2.45) is 5.73 Å². The van der Waals surface area contributed by atoms with Crippen LogP contribution in [0.15, 0.2) is 24.4 Å². The normalized spacial score (nSPS) is 19.1. The zero-order chi connectivity index (χ0) is 20.7. The highest BCUT2D eigenvalue weighted by Gasteiger charge is 2.42. The standard InChI is InChI=1S/C18H19F2N5O3S/c1-9(16(21)29)22-10-2-3-11-13(6-10)27-5-4-24-7-14(23-17(11)24)25-12(15(19)20)8-28-18(25)26/h2-3,6-7,9,12,15,22H,4-5,8H2,1H3,(H2,21,29)/t9-,12?/m0/s1. The van der Waals surface area contributed by atoms with Crippen molar-refractivity contribution in [3.63, 3.8) is 0 Å². The largest absolute Gasteiger partial charge is 0.491 e. The number of aromatic nitrogens is 2. The molecule has 1 amide bonds. The van der Waals surface area contributed by atoms with Crippen molar-refractivity contribution in [3.05, 3.63) is 24.4 Å². The maximum absolute atomic E-state index is 13.3. The van der Waals surface area contributed by atoms with Gasteiger partial charge in [0.05, 0.1) is 23.1 Å². The molecule has 2 atom stereocenters. The monoisotopic (exact) mass is 423 g/mol. The number of rotatable bonds is 5. The number of hydrogen-bond acceptors (Lipinski definition) is 6. The van der Waals surface area contributed by atoms with Crippen LogP contribution in [-0.2, 0) is 11.3 Å². The SMILES string of the molecule is C[C@H](Nc1ccc2c(c1)OCCn1cc(N3C(=O)OCC3C(F)F)nc1-2)C(N)=S. The Bertz CT molecular complexity index is 967. The van der Waals surface area contributed by atoms with Crippen molar-refractivity contribution in [3.8, 4) is 17.1 Å². The minimum Gasteiger partial charge on any atom is -0.491 e.